The molecule has 100 valence electrons. The molecule has 0 aliphatic heterocycles. The second-order valence-electron chi connectivity index (χ2n) is 6.07. The quantitative estimate of drug-likeness (QED) is 0.855. The highest BCUT2D eigenvalue weighted by molar-refractivity contribution is 5.40. The maximum absolute atomic E-state index is 13.9. The molecular formula is C15H18FN3. The van der Waals surface area contributed by atoms with Crippen LogP contribution in [0.15, 0.2) is 30.7 Å². The molecule has 0 radical (unpaired) electrons. The summed E-state index contributed by atoms with van der Waals surface area (Å²) in [7, 11) is 0. The van der Waals surface area contributed by atoms with Crippen LogP contribution in [0.25, 0.3) is 5.69 Å². The highest BCUT2D eigenvalue weighted by atomic mass is 19.1. The second-order valence-corrected chi connectivity index (χ2v) is 6.07. The van der Waals surface area contributed by atoms with Crippen molar-refractivity contribution >= 4 is 0 Å². The van der Waals surface area contributed by atoms with Gasteiger partial charge in [-0.3, -0.25) is 4.98 Å². The average molecular weight is 259 g/mol. The third kappa shape index (κ3) is 2.06. The molecule has 2 aromatic heterocycles. The first-order valence-electron chi connectivity index (χ1n) is 6.53. The van der Waals surface area contributed by atoms with Gasteiger partial charge in [-0.05, 0) is 36.0 Å². The Morgan fingerprint density at radius 2 is 2.21 bits per heavy atom. The molecule has 1 aliphatic rings. The average Bonchev–Trinajstić information content (AvgIpc) is 2.72. The fourth-order valence-corrected chi connectivity index (χ4v) is 3.02. The lowest BCUT2D eigenvalue weighted by Gasteiger charge is -2.34. The molecule has 0 aromatic carbocycles. The van der Waals surface area contributed by atoms with E-state index in [0.29, 0.717) is 5.69 Å². The fraction of sp³-hybridized carbons (Fsp3) is 0.400. The van der Waals surface area contributed by atoms with Crippen molar-refractivity contribution in [3.8, 4) is 5.69 Å². The molecule has 3 nitrogen and oxygen atoms in total. The van der Waals surface area contributed by atoms with Gasteiger partial charge in [-0.25, -0.2) is 4.39 Å². The summed E-state index contributed by atoms with van der Waals surface area (Å²) in [5.74, 6) is -0.308. The van der Waals surface area contributed by atoms with Crippen LogP contribution in [0.5, 0.6) is 0 Å². The molecule has 0 spiro atoms. The number of nitrogens with zero attached hydrogens (tertiary/aromatic N) is 2. The molecule has 0 saturated carbocycles. The Kier molecular flexibility index (Phi) is 2.71. The van der Waals surface area contributed by atoms with E-state index in [-0.39, 0.29) is 17.3 Å². The maximum atomic E-state index is 13.9. The minimum Gasteiger partial charge on any atom is -0.324 e. The van der Waals surface area contributed by atoms with E-state index in [0.717, 1.165) is 24.1 Å². The zero-order chi connectivity index (χ0) is 13.6. The van der Waals surface area contributed by atoms with Gasteiger partial charge in [0.25, 0.3) is 0 Å². The normalized spacial score (nSPS) is 21.2. The standard InChI is InChI=1S/C15H18FN3/c1-15(2)7-12(17)10-4-6-19(14(10)8-15)13-3-5-18-9-11(13)16/h3-6,9,12H,7-8,17H2,1-2H3. The highest BCUT2D eigenvalue weighted by Crippen LogP contribution is 2.40. The number of nitrogens with two attached hydrogens (primary N) is 1. The van der Waals surface area contributed by atoms with Crippen molar-refractivity contribution in [1.82, 2.24) is 9.55 Å². The summed E-state index contributed by atoms with van der Waals surface area (Å²) in [6, 6.07) is 3.74. The van der Waals surface area contributed by atoms with Gasteiger partial charge in [0.05, 0.1) is 11.9 Å². The molecule has 1 aliphatic carbocycles. The van der Waals surface area contributed by atoms with Crippen molar-refractivity contribution in [2.75, 3.05) is 0 Å². The first-order chi connectivity index (χ1) is 8.98. The van der Waals surface area contributed by atoms with E-state index < -0.39 is 0 Å². The van der Waals surface area contributed by atoms with Crippen LogP contribution in [-0.2, 0) is 6.42 Å². The number of hydrogen-bond donors (Lipinski definition) is 1. The van der Waals surface area contributed by atoms with Crippen LogP contribution in [0.3, 0.4) is 0 Å². The van der Waals surface area contributed by atoms with Crippen LogP contribution in [0.4, 0.5) is 4.39 Å². The van der Waals surface area contributed by atoms with E-state index in [1.807, 2.05) is 16.8 Å². The maximum Gasteiger partial charge on any atom is 0.165 e. The number of halogens is 1. The van der Waals surface area contributed by atoms with Crippen LogP contribution >= 0.6 is 0 Å². The molecule has 1 unspecified atom stereocenters. The van der Waals surface area contributed by atoms with E-state index in [1.54, 1.807) is 12.3 Å². The lowest BCUT2D eigenvalue weighted by Crippen LogP contribution is -2.30. The largest absolute Gasteiger partial charge is 0.324 e. The Morgan fingerprint density at radius 3 is 2.95 bits per heavy atom. The van der Waals surface area contributed by atoms with Gasteiger partial charge in [0, 0.05) is 24.1 Å². The van der Waals surface area contributed by atoms with Gasteiger partial charge in [0.2, 0.25) is 0 Å². The summed E-state index contributed by atoms with van der Waals surface area (Å²) < 4.78 is 15.8. The number of hydrogen-bond acceptors (Lipinski definition) is 2. The number of rotatable bonds is 1. The molecule has 0 saturated heterocycles. The first kappa shape index (κ1) is 12.4. The molecule has 0 bridgehead atoms. The molecule has 0 fully saturated rings. The lowest BCUT2D eigenvalue weighted by molar-refractivity contribution is 0.278. The van der Waals surface area contributed by atoms with Gasteiger partial charge in [0.15, 0.2) is 5.82 Å². The van der Waals surface area contributed by atoms with Gasteiger partial charge < -0.3 is 10.3 Å². The third-order valence-corrected chi connectivity index (χ3v) is 3.86. The van der Waals surface area contributed by atoms with E-state index in [2.05, 4.69) is 18.8 Å². The molecule has 19 heavy (non-hydrogen) atoms. The summed E-state index contributed by atoms with van der Waals surface area (Å²) in [6.07, 6.45) is 6.63. The monoisotopic (exact) mass is 259 g/mol. The molecule has 3 rings (SSSR count). The predicted molar refractivity (Wildman–Crippen MR) is 72.6 cm³/mol. The zero-order valence-electron chi connectivity index (χ0n) is 11.2. The molecule has 1 atom stereocenters. The molecule has 2 aromatic rings. The lowest BCUT2D eigenvalue weighted by atomic mass is 9.74. The van der Waals surface area contributed by atoms with E-state index in [1.165, 1.54) is 6.20 Å². The van der Waals surface area contributed by atoms with Crippen LogP contribution < -0.4 is 5.73 Å². The summed E-state index contributed by atoms with van der Waals surface area (Å²) in [6.45, 7) is 4.41. The molecule has 2 N–H and O–H groups in total. The van der Waals surface area contributed by atoms with E-state index in [9.17, 15) is 4.39 Å². The first-order valence-corrected chi connectivity index (χ1v) is 6.53. The Bertz CT molecular complexity index is 616. The van der Waals surface area contributed by atoms with Gasteiger partial charge in [-0.1, -0.05) is 13.8 Å². The smallest absolute Gasteiger partial charge is 0.165 e. The second kappa shape index (κ2) is 4.17. The minimum absolute atomic E-state index is 0.0323. The molecular weight excluding hydrogens is 241 g/mol. The van der Waals surface area contributed by atoms with Crippen molar-refractivity contribution < 1.29 is 4.39 Å². The topological polar surface area (TPSA) is 43.8 Å². The van der Waals surface area contributed by atoms with Crippen molar-refractivity contribution in [1.29, 1.82) is 0 Å². The minimum atomic E-state index is -0.308. The van der Waals surface area contributed by atoms with Crippen LogP contribution in [0.1, 0.15) is 37.6 Å². The van der Waals surface area contributed by atoms with Crippen LogP contribution in [0, 0.1) is 11.2 Å². The number of pyridine rings is 1. The van der Waals surface area contributed by atoms with Crippen LogP contribution in [-0.4, -0.2) is 9.55 Å². The van der Waals surface area contributed by atoms with Gasteiger partial charge in [-0.2, -0.15) is 0 Å². The SMILES string of the molecule is CC1(C)Cc2c(ccn2-c2ccncc2F)C(N)C1. The third-order valence-electron chi connectivity index (χ3n) is 3.86. The highest BCUT2D eigenvalue weighted by Gasteiger charge is 2.32. The Morgan fingerprint density at radius 1 is 1.42 bits per heavy atom. The van der Waals surface area contributed by atoms with Crippen molar-refractivity contribution in [2.24, 2.45) is 11.1 Å². The van der Waals surface area contributed by atoms with Crippen molar-refractivity contribution in [2.45, 2.75) is 32.7 Å². The number of aromatic nitrogens is 2. The molecule has 0 amide bonds. The predicted octanol–water partition coefficient (Wildman–Crippen LogP) is 2.98. The summed E-state index contributed by atoms with van der Waals surface area (Å²) >= 11 is 0. The van der Waals surface area contributed by atoms with Crippen molar-refractivity contribution in [3.63, 3.8) is 0 Å². The zero-order valence-corrected chi connectivity index (χ0v) is 11.2. The number of fused-ring (bicyclic) bond motifs is 1. The summed E-state index contributed by atoms with van der Waals surface area (Å²) in [5, 5.41) is 0. The van der Waals surface area contributed by atoms with E-state index in [4.69, 9.17) is 5.73 Å². The summed E-state index contributed by atoms with van der Waals surface area (Å²) in [5.41, 5.74) is 9.17. The molecule has 4 heteroatoms. The van der Waals surface area contributed by atoms with Gasteiger partial charge >= 0.3 is 0 Å². The molecule has 2 heterocycles. The van der Waals surface area contributed by atoms with Crippen molar-refractivity contribution in [3.05, 3.63) is 47.8 Å². The van der Waals surface area contributed by atoms with Crippen LogP contribution in [0.2, 0.25) is 0 Å². The Labute approximate surface area is 112 Å². The van der Waals surface area contributed by atoms with Gasteiger partial charge in [0.1, 0.15) is 0 Å². The Balaban J connectivity index is 2.14. The van der Waals surface area contributed by atoms with Gasteiger partial charge in [-0.15, -0.1) is 0 Å². The summed E-state index contributed by atoms with van der Waals surface area (Å²) in [4.78, 5) is 3.80. The Hall–Kier alpha value is -1.68. The fourth-order valence-electron chi connectivity index (χ4n) is 3.02. The van der Waals surface area contributed by atoms with E-state index >= 15 is 0 Å².